The van der Waals surface area contributed by atoms with Crippen LogP contribution < -0.4 is 0 Å². The van der Waals surface area contributed by atoms with Crippen LogP contribution in [0.1, 0.15) is 0 Å². The van der Waals surface area contributed by atoms with E-state index in [1.54, 1.807) is 0 Å². The predicted molar refractivity (Wildman–Crippen MR) is 15.8 cm³/mol. The molecule has 0 aromatic carbocycles. The Morgan fingerprint density at radius 1 is 1.22 bits per heavy atom. The van der Waals surface area contributed by atoms with Crippen molar-refractivity contribution in [2.24, 2.45) is 0 Å². The molecule has 0 saturated carbocycles. The maximum Gasteiger partial charge on any atom is 3.00 e. The fourth-order valence-corrected chi connectivity index (χ4v) is 0. The van der Waals surface area contributed by atoms with E-state index >= 15 is 0 Å². The summed E-state index contributed by atoms with van der Waals surface area (Å²) < 4.78 is 58.9. The van der Waals surface area contributed by atoms with Crippen LogP contribution in [0.3, 0.4) is 0 Å². The van der Waals surface area contributed by atoms with E-state index in [-0.39, 0.29) is 36.9 Å². The minimum Gasteiger partial charge on any atom is -0.741 e. The minimum absolute atomic E-state index is 0. The molecule has 0 aromatic rings. The third-order valence-corrected chi connectivity index (χ3v) is 0.850. The number of alkyl halides is 3. The molecule has 0 heterocycles. The molecule has 0 radical (unpaired) electrons. The Kier molecular flexibility index (Phi) is 4.70. The number of rotatable bonds is 0. The summed E-state index contributed by atoms with van der Waals surface area (Å²) in [5.41, 5.74) is -5.65. The molecule has 0 atom stereocenters. The molecule has 0 unspecified atom stereocenters. The van der Waals surface area contributed by atoms with Crippen molar-refractivity contribution in [3.05, 3.63) is 0 Å². The summed E-state index contributed by atoms with van der Waals surface area (Å²) in [5.74, 6) is 0. The summed E-state index contributed by atoms with van der Waals surface area (Å²) in [6, 6.07) is 0. The zero-order chi connectivity index (χ0) is 7.00. The van der Waals surface area contributed by atoms with Crippen LogP contribution in [-0.4, -0.2) is 18.5 Å². The maximum absolute atomic E-state index is 10.7. The Balaban J connectivity index is 0. The van der Waals surface area contributed by atoms with Crippen LogP contribution in [0.2, 0.25) is 0 Å². The van der Waals surface area contributed by atoms with Crippen molar-refractivity contribution in [2.45, 2.75) is 5.51 Å². The minimum atomic E-state index is -6.09. The third-order valence-electron chi connectivity index (χ3n) is 0.283. The van der Waals surface area contributed by atoms with Gasteiger partial charge in [0.2, 0.25) is 0 Å². The fourth-order valence-electron chi connectivity index (χ4n) is 0. The van der Waals surface area contributed by atoms with Gasteiger partial charge in [-0.05, 0) is 0 Å². The molecule has 0 N–H and O–H groups in total. The first-order valence-electron chi connectivity index (χ1n) is 1.27. The first-order chi connectivity index (χ1) is 3.25. The molecule has 0 aliphatic carbocycles. The van der Waals surface area contributed by atoms with Crippen molar-refractivity contribution < 1.29 is 63.0 Å². The van der Waals surface area contributed by atoms with Crippen LogP contribution in [0.5, 0.6) is 0 Å². The van der Waals surface area contributed by atoms with Crippen molar-refractivity contribution in [2.75, 3.05) is 0 Å². The van der Waals surface area contributed by atoms with Gasteiger partial charge < -0.3 is 4.55 Å². The zero-order valence-corrected chi connectivity index (χ0v) is 6.14. The molecule has 60 valence electrons. The summed E-state index contributed by atoms with van der Waals surface area (Å²) in [6.45, 7) is 0. The maximum atomic E-state index is 10.7. The number of hydrogen-bond acceptors (Lipinski definition) is 3. The Morgan fingerprint density at radius 3 is 1.33 bits per heavy atom. The molecule has 9 heavy (non-hydrogen) atoms. The molecule has 0 fully saturated rings. The van der Waals surface area contributed by atoms with Gasteiger partial charge >= 0.3 is 42.4 Å². The van der Waals surface area contributed by atoms with Crippen LogP contribution in [0.4, 0.5) is 13.2 Å². The second-order valence-electron chi connectivity index (χ2n) is 0.900. The standard InChI is InChI=1S/CHF3O3S.Tm/c2-1(3,4)8(5,6)7;/h(H,5,6,7);/q;+3/p-1. The average Bonchev–Trinajstić information content (AvgIpc) is 1.25. The van der Waals surface area contributed by atoms with Crippen LogP contribution in [0.25, 0.3) is 0 Å². The Labute approximate surface area is 78.2 Å². The molecular weight excluding hydrogens is 318 g/mol. The van der Waals surface area contributed by atoms with Gasteiger partial charge in [0.05, 0.1) is 0 Å². The van der Waals surface area contributed by atoms with Gasteiger partial charge in [0, 0.05) is 0 Å². The quantitative estimate of drug-likeness (QED) is 0.468. The van der Waals surface area contributed by atoms with Crippen molar-refractivity contribution in [3.63, 3.8) is 0 Å². The van der Waals surface area contributed by atoms with Crippen LogP contribution in [0.15, 0.2) is 0 Å². The second-order valence-corrected chi connectivity index (χ2v) is 2.27. The SMILES string of the molecule is O=S(=O)([O-])C(F)(F)F.[Tm+3]. The number of hydrogen-bond donors (Lipinski definition) is 0. The van der Waals surface area contributed by atoms with E-state index in [0.717, 1.165) is 0 Å². The Hall–Kier alpha value is 0.934. The molecule has 0 rings (SSSR count). The second kappa shape index (κ2) is 3.36. The molecule has 0 spiro atoms. The van der Waals surface area contributed by atoms with E-state index in [9.17, 15) is 13.2 Å². The van der Waals surface area contributed by atoms with Crippen molar-refractivity contribution in [1.82, 2.24) is 0 Å². The van der Waals surface area contributed by atoms with E-state index in [1.807, 2.05) is 0 Å². The van der Waals surface area contributed by atoms with Crippen LogP contribution in [-0.2, 0) is 10.1 Å². The van der Waals surface area contributed by atoms with Gasteiger partial charge in [-0.2, -0.15) is 13.2 Å². The monoisotopic (exact) mass is 318 g/mol. The fraction of sp³-hybridized carbons (Fsp3) is 1.00. The summed E-state index contributed by atoms with van der Waals surface area (Å²) in [4.78, 5) is 0. The van der Waals surface area contributed by atoms with Gasteiger partial charge in [-0.15, -0.1) is 0 Å². The Bertz CT molecular complexity index is 168. The van der Waals surface area contributed by atoms with E-state index in [4.69, 9.17) is 13.0 Å². The van der Waals surface area contributed by atoms with Gasteiger partial charge in [-0.25, -0.2) is 8.42 Å². The van der Waals surface area contributed by atoms with E-state index < -0.39 is 15.6 Å². The van der Waals surface area contributed by atoms with Gasteiger partial charge in [0.1, 0.15) is 0 Å². The molecule has 3 nitrogen and oxygen atoms in total. The number of halogens is 3. The van der Waals surface area contributed by atoms with Gasteiger partial charge in [-0.1, -0.05) is 0 Å². The largest absolute Gasteiger partial charge is 3.00 e. The topological polar surface area (TPSA) is 57.2 Å². The van der Waals surface area contributed by atoms with Crippen LogP contribution >= 0.6 is 0 Å². The van der Waals surface area contributed by atoms with E-state index in [0.29, 0.717) is 0 Å². The van der Waals surface area contributed by atoms with Gasteiger partial charge in [-0.3, -0.25) is 0 Å². The van der Waals surface area contributed by atoms with E-state index in [2.05, 4.69) is 0 Å². The van der Waals surface area contributed by atoms with E-state index in [1.165, 1.54) is 0 Å². The van der Waals surface area contributed by atoms with Gasteiger partial charge in [0.15, 0.2) is 10.1 Å². The first-order valence-corrected chi connectivity index (χ1v) is 2.68. The normalized spacial score (nSPS) is 12.4. The third kappa shape index (κ3) is 4.35. The summed E-state index contributed by atoms with van der Waals surface area (Å²) in [7, 11) is -6.09. The average molecular weight is 318 g/mol. The van der Waals surface area contributed by atoms with Crippen LogP contribution in [0, 0.1) is 36.9 Å². The molecular formula is CF3O3STm+2. The summed E-state index contributed by atoms with van der Waals surface area (Å²) >= 11 is 0. The summed E-state index contributed by atoms with van der Waals surface area (Å²) in [5, 5.41) is 0. The molecule has 0 saturated heterocycles. The molecule has 8 heteroatoms. The first kappa shape index (κ1) is 12.6. The van der Waals surface area contributed by atoms with Gasteiger partial charge in [0.25, 0.3) is 0 Å². The smallest absolute Gasteiger partial charge is 0.741 e. The summed E-state index contributed by atoms with van der Waals surface area (Å²) in [6.07, 6.45) is 0. The molecule has 0 amide bonds. The zero-order valence-electron chi connectivity index (χ0n) is 3.54. The van der Waals surface area contributed by atoms with Crippen molar-refractivity contribution in [1.29, 1.82) is 0 Å². The van der Waals surface area contributed by atoms with Crippen molar-refractivity contribution >= 4 is 10.1 Å². The van der Waals surface area contributed by atoms with Crippen molar-refractivity contribution in [3.8, 4) is 0 Å². The molecule has 0 aromatic heterocycles. The molecule has 0 aliphatic heterocycles. The Morgan fingerprint density at radius 2 is 1.33 bits per heavy atom. The molecule has 0 aliphatic rings. The predicted octanol–water partition coefficient (Wildman–Crippen LogP) is 0.0514. The molecule has 0 bridgehead atoms.